The maximum atomic E-state index is 13.0. The van der Waals surface area contributed by atoms with Crippen molar-refractivity contribution in [2.75, 3.05) is 0 Å². The Balaban J connectivity index is 2.70. The second kappa shape index (κ2) is 5.31. The molecular weight excluding hydrogens is 285 g/mol. The van der Waals surface area contributed by atoms with Crippen LogP contribution in [0.4, 0.5) is 13.2 Å². The minimum absolute atomic E-state index is 0.169. The van der Waals surface area contributed by atoms with Gasteiger partial charge in [-0.2, -0.15) is 13.2 Å². The van der Waals surface area contributed by atoms with Crippen molar-refractivity contribution < 1.29 is 18.3 Å². The Labute approximate surface area is 118 Å². The lowest BCUT2D eigenvalue weighted by atomic mass is 10.1. The highest BCUT2D eigenvalue weighted by Gasteiger charge is 2.35. The number of nitrogens with one attached hydrogen (secondary N) is 1. The van der Waals surface area contributed by atoms with Gasteiger partial charge in [0.05, 0.1) is 16.9 Å². The number of aromatic amines is 1. The molecule has 0 amide bonds. The van der Waals surface area contributed by atoms with Crippen molar-refractivity contribution in [3.63, 3.8) is 0 Å². The van der Waals surface area contributed by atoms with Crippen LogP contribution in [0, 0.1) is 0 Å². The van der Waals surface area contributed by atoms with Gasteiger partial charge in [0.25, 0.3) is 0 Å². The molecule has 4 nitrogen and oxygen atoms in total. The first-order valence-electron chi connectivity index (χ1n) is 6.47. The third-order valence-corrected chi connectivity index (χ3v) is 3.45. The number of hydrogen-bond acceptors (Lipinski definition) is 2. The third kappa shape index (κ3) is 2.68. The first-order valence-corrected chi connectivity index (χ1v) is 6.47. The lowest BCUT2D eigenvalue weighted by Gasteiger charge is -2.13. The normalized spacial score (nSPS) is 13.4. The number of hydrogen-bond donors (Lipinski definition) is 2. The molecule has 0 radical (unpaired) electrons. The largest absolute Gasteiger partial charge is 0.493 e. The van der Waals surface area contributed by atoms with E-state index in [9.17, 15) is 23.1 Å². The summed E-state index contributed by atoms with van der Waals surface area (Å²) in [5.41, 5.74) is -1.92. The zero-order chi connectivity index (χ0) is 15.8. The molecule has 1 atom stereocenters. The molecule has 0 saturated heterocycles. The van der Waals surface area contributed by atoms with Gasteiger partial charge in [-0.25, -0.2) is 9.36 Å². The molecule has 2 N–H and O–H groups in total. The van der Waals surface area contributed by atoms with Crippen LogP contribution in [0.25, 0.3) is 5.69 Å². The minimum Gasteiger partial charge on any atom is -0.493 e. The van der Waals surface area contributed by atoms with E-state index in [0.29, 0.717) is 11.0 Å². The quantitative estimate of drug-likeness (QED) is 0.912. The number of rotatable bonds is 3. The minimum atomic E-state index is -4.61. The summed E-state index contributed by atoms with van der Waals surface area (Å²) in [5, 5.41) is 10.1. The Kier molecular flexibility index (Phi) is 3.85. The van der Waals surface area contributed by atoms with Gasteiger partial charge in [-0.15, -0.1) is 0 Å². The fourth-order valence-electron chi connectivity index (χ4n) is 2.12. The van der Waals surface area contributed by atoms with Crippen LogP contribution in [0.1, 0.15) is 37.4 Å². The van der Waals surface area contributed by atoms with Gasteiger partial charge in [0.1, 0.15) is 0 Å². The number of aromatic hydroxyl groups is 1. The summed E-state index contributed by atoms with van der Waals surface area (Å²) in [6, 6.07) is 4.64. The van der Waals surface area contributed by atoms with Crippen molar-refractivity contribution in [1.29, 1.82) is 0 Å². The molecule has 1 unspecified atom stereocenters. The van der Waals surface area contributed by atoms with Crippen LogP contribution >= 0.6 is 0 Å². The molecule has 0 aliphatic carbocycles. The molecular formula is C14H15F3N2O2. The summed E-state index contributed by atoms with van der Waals surface area (Å²) in [6.07, 6.45) is -3.98. The Morgan fingerprint density at radius 2 is 1.95 bits per heavy atom. The second-order valence-corrected chi connectivity index (χ2v) is 4.83. The molecule has 1 heterocycles. The summed E-state index contributed by atoms with van der Waals surface area (Å²) >= 11 is 0. The van der Waals surface area contributed by atoms with E-state index >= 15 is 0 Å². The highest BCUT2D eigenvalue weighted by molar-refractivity contribution is 5.46. The first-order chi connectivity index (χ1) is 9.77. The summed E-state index contributed by atoms with van der Waals surface area (Å²) in [6.45, 7) is 3.62. The summed E-state index contributed by atoms with van der Waals surface area (Å²) < 4.78 is 39.7. The van der Waals surface area contributed by atoms with Gasteiger partial charge in [0.2, 0.25) is 5.88 Å². The SMILES string of the molecule is CCC(C)c1[nH]c(=O)n(-c2ccccc2C(F)(F)F)c1O. The second-order valence-electron chi connectivity index (χ2n) is 4.83. The van der Waals surface area contributed by atoms with Crippen LogP contribution in [0.15, 0.2) is 29.1 Å². The number of halogens is 3. The zero-order valence-corrected chi connectivity index (χ0v) is 11.5. The van der Waals surface area contributed by atoms with Crippen LogP contribution in [-0.2, 0) is 6.18 Å². The molecule has 21 heavy (non-hydrogen) atoms. The number of imidazole rings is 1. The van der Waals surface area contributed by atoms with Gasteiger partial charge in [-0.3, -0.25) is 0 Å². The predicted octanol–water partition coefficient (Wildman–Crippen LogP) is 3.40. The van der Waals surface area contributed by atoms with E-state index < -0.39 is 29.0 Å². The van der Waals surface area contributed by atoms with Crippen LogP contribution in [0.3, 0.4) is 0 Å². The molecule has 1 aromatic carbocycles. The van der Waals surface area contributed by atoms with Gasteiger partial charge in [0, 0.05) is 5.92 Å². The summed E-state index contributed by atoms with van der Waals surface area (Å²) in [4.78, 5) is 14.4. The summed E-state index contributed by atoms with van der Waals surface area (Å²) in [5.74, 6) is -0.650. The van der Waals surface area contributed by atoms with Crippen LogP contribution in [0.2, 0.25) is 0 Å². The zero-order valence-electron chi connectivity index (χ0n) is 11.5. The fraction of sp³-hybridized carbons (Fsp3) is 0.357. The summed E-state index contributed by atoms with van der Waals surface area (Å²) in [7, 11) is 0. The van der Waals surface area contributed by atoms with E-state index in [1.54, 1.807) is 6.92 Å². The molecule has 0 saturated carbocycles. The van der Waals surface area contributed by atoms with Crippen LogP contribution in [0.5, 0.6) is 5.88 Å². The van der Waals surface area contributed by atoms with Crippen molar-refractivity contribution in [2.24, 2.45) is 0 Å². The van der Waals surface area contributed by atoms with Gasteiger partial charge < -0.3 is 10.1 Å². The van der Waals surface area contributed by atoms with E-state index in [0.717, 1.165) is 12.1 Å². The Bertz CT molecular complexity index is 701. The predicted molar refractivity (Wildman–Crippen MR) is 71.8 cm³/mol. The number of H-pyrrole nitrogens is 1. The number of aromatic nitrogens is 2. The van der Waals surface area contributed by atoms with E-state index in [4.69, 9.17) is 0 Å². The van der Waals surface area contributed by atoms with Gasteiger partial charge >= 0.3 is 11.9 Å². The third-order valence-electron chi connectivity index (χ3n) is 3.45. The van der Waals surface area contributed by atoms with Crippen LogP contribution < -0.4 is 5.69 Å². The molecule has 114 valence electrons. The number of alkyl halides is 3. The molecule has 2 aromatic rings. The fourth-order valence-corrected chi connectivity index (χ4v) is 2.12. The average Bonchev–Trinajstić information content (AvgIpc) is 2.72. The van der Waals surface area contributed by atoms with Crippen molar-refractivity contribution in [1.82, 2.24) is 9.55 Å². The molecule has 2 rings (SSSR count). The van der Waals surface area contributed by atoms with Crippen molar-refractivity contribution in [3.8, 4) is 11.6 Å². The Morgan fingerprint density at radius 1 is 1.33 bits per heavy atom. The highest BCUT2D eigenvalue weighted by atomic mass is 19.4. The number of para-hydroxylation sites is 1. The van der Waals surface area contributed by atoms with Crippen molar-refractivity contribution in [2.45, 2.75) is 32.4 Å². The molecule has 1 aromatic heterocycles. The van der Waals surface area contributed by atoms with E-state index in [1.807, 2.05) is 6.92 Å². The lowest BCUT2D eigenvalue weighted by Crippen LogP contribution is -2.19. The molecule has 0 bridgehead atoms. The standard InChI is InChI=1S/C14H15F3N2O2/c1-3-8(2)11-12(20)19(13(21)18-11)10-7-5-4-6-9(10)14(15,16)17/h4-8,20H,3H2,1-2H3,(H,18,21). The molecule has 0 aliphatic heterocycles. The molecule has 0 aliphatic rings. The van der Waals surface area contributed by atoms with Crippen LogP contribution in [-0.4, -0.2) is 14.7 Å². The van der Waals surface area contributed by atoms with E-state index in [1.165, 1.54) is 12.1 Å². The molecule has 0 spiro atoms. The topological polar surface area (TPSA) is 58.0 Å². The molecule has 0 fully saturated rings. The van der Waals surface area contributed by atoms with Gasteiger partial charge in [0.15, 0.2) is 0 Å². The molecule has 7 heteroatoms. The Hall–Kier alpha value is -2.18. The van der Waals surface area contributed by atoms with E-state index in [-0.39, 0.29) is 11.6 Å². The van der Waals surface area contributed by atoms with Gasteiger partial charge in [-0.05, 0) is 18.6 Å². The Morgan fingerprint density at radius 3 is 2.52 bits per heavy atom. The van der Waals surface area contributed by atoms with E-state index in [2.05, 4.69) is 4.98 Å². The van der Waals surface area contributed by atoms with Crippen molar-refractivity contribution in [3.05, 3.63) is 46.0 Å². The number of benzene rings is 1. The maximum Gasteiger partial charge on any atom is 0.418 e. The first kappa shape index (κ1) is 15.2. The smallest absolute Gasteiger partial charge is 0.418 e. The average molecular weight is 300 g/mol. The van der Waals surface area contributed by atoms with Crippen molar-refractivity contribution >= 4 is 0 Å². The maximum absolute atomic E-state index is 13.0. The lowest BCUT2D eigenvalue weighted by molar-refractivity contribution is -0.137. The highest BCUT2D eigenvalue weighted by Crippen LogP contribution is 2.35. The number of nitrogens with zero attached hydrogens (tertiary/aromatic N) is 1. The monoisotopic (exact) mass is 300 g/mol. The van der Waals surface area contributed by atoms with Gasteiger partial charge in [-0.1, -0.05) is 26.0 Å².